The maximum atomic E-state index is 13.8. The maximum Gasteiger partial charge on any atom is 0.276 e. The van der Waals surface area contributed by atoms with Crippen LogP contribution in [0.4, 0.5) is 8.78 Å². The molecule has 0 radical (unpaired) electrons. The number of hydrogen-bond acceptors (Lipinski definition) is 5. The summed E-state index contributed by atoms with van der Waals surface area (Å²) in [6.45, 7) is 2.79. The molecule has 0 saturated carbocycles. The summed E-state index contributed by atoms with van der Waals surface area (Å²) in [6, 6.07) is 2.95. The molecule has 1 aromatic carbocycles. The van der Waals surface area contributed by atoms with Crippen molar-refractivity contribution >= 4 is 11.8 Å². The fourth-order valence-electron chi connectivity index (χ4n) is 4.44. The van der Waals surface area contributed by atoms with Gasteiger partial charge >= 0.3 is 0 Å². The first-order valence-electron chi connectivity index (χ1n) is 10.4. The third-order valence-electron chi connectivity index (χ3n) is 6.26. The fourth-order valence-corrected chi connectivity index (χ4v) is 4.44. The molecule has 8 nitrogen and oxygen atoms in total. The molecule has 2 amide bonds. The molecule has 170 valence electrons. The zero-order valence-corrected chi connectivity index (χ0v) is 17.8. The molecule has 1 unspecified atom stereocenters. The standard InChI is InChI=1S/C22H24F2N4O4/c1-3-14-6-7-26(2)17-11-27-10-15(19(29)20(30)18(27)22(32)28(14)17)21(31)25-9-12-4-5-13(23)8-16(12)24/h4-5,8,10,14,17,30H,3,6-7,9,11H2,1-2H3,(H,25,31)/t14-,17?/m1/s1. The third-order valence-corrected chi connectivity index (χ3v) is 6.26. The van der Waals surface area contributed by atoms with E-state index in [0.717, 1.165) is 25.5 Å². The van der Waals surface area contributed by atoms with E-state index in [-0.39, 0.29) is 42.1 Å². The van der Waals surface area contributed by atoms with Gasteiger partial charge in [-0.2, -0.15) is 0 Å². The molecule has 1 fully saturated rings. The van der Waals surface area contributed by atoms with E-state index in [4.69, 9.17) is 0 Å². The number of nitrogens with zero attached hydrogens (tertiary/aromatic N) is 3. The van der Waals surface area contributed by atoms with E-state index in [1.807, 2.05) is 18.9 Å². The number of fused-ring (bicyclic) bond motifs is 2. The van der Waals surface area contributed by atoms with Gasteiger partial charge in [0.2, 0.25) is 5.43 Å². The molecule has 3 heterocycles. The van der Waals surface area contributed by atoms with Crippen molar-refractivity contribution in [1.29, 1.82) is 0 Å². The van der Waals surface area contributed by atoms with E-state index >= 15 is 0 Å². The van der Waals surface area contributed by atoms with Crippen LogP contribution >= 0.6 is 0 Å². The van der Waals surface area contributed by atoms with Gasteiger partial charge in [0.05, 0.1) is 6.54 Å². The lowest BCUT2D eigenvalue weighted by atomic mass is 10.00. The number of hydrogen-bond donors (Lipinski definition) is 2. The van der Waals surface area contributed by atoms with Crippen molar-refractivity contribution in [3.05, 3.63) is 63.1 Å². The van der Waals surface area contributed by atoms with Gasteiger partial charge in [-0.3, -0.25) is 19.3 Å². The Morgan fingerprint density at radius 2 is 2.03 bits per heavy atom. The summed E-state index contributed by atoms with van der Waals surface area (Å²) in [5.74, 6) is -3.63. The zero-order valence-electron chi connectivity index (χ0n) is 17.8. The Balaban J connectivity index is 1.65. The van der Waals surface area contributed by atoms with Gasteiger partial charge in [-0.15, -0.1) is 0 Å². The summed E-state index contributed by atoms with van der Waals surface area (Å²) in [6.07, 6.45) is 2.54. The largest absolute Gasteiger partial charge is 0.503 e. The van der Waals surface area contributed by atoms with Crippen LogP contribution in [-0.4, -0.2) is 57.1 Å². The Morgan fingerprint density at radius 3 is 2.72 bits per heavy atom. The average molecular weight is 446 g/mol. The van der Waals surface area contributed by atoms with Crippen molar-refractivity contribution in [3.8, 4) is 5.75 Å². The Bertz CT molecular complexity index is 1150. The van der Waals surface area contributed by atoms with Gasteiger partial charge in [-0.1, -0.05) is 13.0 Å². The Hall–Kier alpha value is -3.27. The second-order valence-corrected chi connectivity index (χ2v) is 8.16. The Kier molecular flexibility index (Phi) is 5.72. The van der Waals surface area contributed by atoms with Gasteiger partial charge in [0.15, 0.2) is 11.4 Å². The van der Waals surface area contributed by atoms with Crippen molar-refractivity contribution in [2.45, 2.75) is 45.1 Å². The highest BCUT2D eigenvalue weighted by molar-refractivity contribution is 5.99. The summed E-state index contributed by atoms with van der Waals surface area (Å²) >= 11 is 0. The molecule has 2 N–H and O–H groups in total. The molecule has 2 aliphatic rings. The quantitative estimate of drug-likeness (QED) is 0.745. The molecule has 10 heteroatoms. The molecule has 32 heavy (non-hydrogen) atoms. The molecule has 0 bridgehead atoms. The van der Waals surface area contributed by atoms with E-state index in [9.17, 15) is 28.3 Å². The van der Waals surface area contributed by atoms with Crippen LogP contribution in [0.5, 0.6) is 5.75 Å². The number of aromatic hydroxyl groups is 1. The van der Waals surface area contributed by atoms with Crippen LogP contribution in [0.2, 0.25) is 0 Å². The zero-order chi connectivity index (χ0) is 23.2. The molecule has 0 spiro atoms. The summed E-state index contributed by atoms with van der Waals surface area (Å²) in [5.41, 5.74) is -1.43. The fraction of sp³-hybridized carbons (Fsp3) is 0.409. The van der Waals surface area contributed by atoms with Crippen molar-refractivity contribution in [3.63, 3.8) is 0 Å². The van der Waals surface area contributed by atoms with Crippen LogP contribution in [0.1, 0.15) is 46.2 Å². The van der Waals surface area contributed by atoms with Crippen LogP contribution in [0.3, 0.4) is 0 Å². The smallest absolute Gasteiger partial charge is 0.276 e. The number of likely N-dealkylation sites (N-methyl/N-ethyl adjacent to an activating group) is 1. The molecule has 1 saturated heterocycles. The van der Waals surface area contributed by atoms with Gasteiger partial charge in [-0.05, 0) is 26.0 Å². The minimum absolute atomic E-state index is 0.000493. The highest BCUT2D eigenvalue weighted by Crippen LogP contribution is 2.31. The van der Waals surface area contributed by atoms with Gasteiger partial charge in [-0.25, -0.2) is 8.78 Å². The first-order valence-corrected chi connectivity index (χ1v) is 10.4. The maximum absolute atomic E-state index is 13.8. The van der Waals surface area contributed by atoms with Crippen LogP contribution in [-0.2, 0) is 13.1 Å². The van der Waals surface area contributed by atoms with Crippen LogP contribution in [0.15, 0.2) is 29.2 Å². The Morgan fingerprint density at radius 1 is 1.28 bits per heavy atom. The highest BCUT2D eigenvalue weighted by Gasteiger charge is 2.43. The van der Waals surface area contributed by atoms with Crippen LogP contribution in [0.25, 0.3) is 0 Å². The number of carbonyl (C=O) groups excluding carboxylic acids is 2. The molecule has 1 aromatic heterocycles. The van der Waals surface area contributed by atoms with Crippen molar-refractivity contribution in [1.82, 2.24) is 19.7 Å². The lowest BCUT2D eigenvalue weighted by Crippen LogP contribution is -2.63. The Labute approximate surface area is 183 Å². The van der Waals surface area contributed by atoms with E-state index in [1.54, 1.807) is 4.90 Å². The van der Waals surface area contributed by atoms with Crippen molar-refractivity contribution < 1.29 is 23.5 Å². The number of aromatic nitrogens is 1. The first-order chi connectivity index (χ1) is 15.2. The van der Waals surface area contributed by atoms with Crippen molar-refractivity contribution in [2.75, 3.05) is 13.6 Å². The SMILES string of the molecule is CC[C@@H]1CCN(C)C2Cn3cc(C(=O)NCc4ccc(F)cc4F)c(=O)c(O)c3C(=O)N21. The lowest BCUT2D eigenvalue weighted by molar-refractivity contribution is -0.0262. The predicted molar refractivity (Wildman–Crippen MR) is 111 cm³/mol. The number of amides is 2. The van der Waals surface area contributed by atoms with E-state index < -0.39 is 34.6 Å². The number of rotatable bonds is 4. The first kappa shape index (κ1) is 21.9. The third kappa shape index (κ3) is 3.64. The summed E-state index contributed by atoms with van der Waals surface area (Å²) in [5, 5.41) is 13.0. The van der Waals surface area contributed by atoms with Gasteiger partial charge in [0.25, 0.3) is 11.8 Å². The topological polar surface area (TPSA) is 94.9 Å². The summed E-state index contributed by atoms with van der Waals surface area (Å²) < 4.78 is 28.3. The molecule has 2 aromatic rings. The summed E-state index contributed by atoms with van der Waals surface area (Å²) in [7, 11) is 1.90. The number of pyridine rings is 1. The number of benzene rings is 1. The van der Waals surface area contributed by atoms with Crippen molar-refractivity contribution in [2.24, 2.45) is 0 Å². The van der Waals surface area contributed by atoms with Crippen LogP contribution in [0, 0.1) is 11.6 Å². The number of nitrogens with one attached hydrogen (secondary N) is 1. The molecular formula is C22H24F2N4O4. The van der Waals surface area contributed by atoms with E-state index in [0.29, 0.717) is 6.07 Å². The normalized spacial score (nSPS) is 20.6. The molecule has 4 rings (SSSR count). The van der Waals surface area contributed by atoms with Gasteiger partial charge in [0, 0.05) is 37.0 Å². The minimum atomic E-state index is -0.974. The van der Waals surface area contributed by atoms with Gasteiger partial charge in [0.1, 0.15) is 23.4 Å². The second-order valence-electron chi connectivity index (χ2n) is 8.16. The molecule has 2 aliphatic heterocycles. The lowest BCUT2D eigenvalue weighted by Gasteiger charge is -2.49. The molecule has 2 atom stereocenters. The highest BCUT2D eigenvalue weighted by atomic mass is 19.1. The predicted octanol–water partition coefficient (Wildman–Crippen LogP) is 1.66. The minimum Gasteiger partial charge on any atom is -0.503 e. The van der Waals surface area contributed by atoms with Crippen LogP contribution < -0.4 is 10.7 Å². The number of halogens is 2. The van der Waals surface area contributed by atoms with E-state index in [1.165, 1.54) is 16.8 Å². The average Bonchev–Trinajstić information content (AvgIpc) is 2.76. The van der Waals surface area contributed by atoms with E-state index in [2.05, 4.69) is 5.32 Å². The number of carbonyl (C=O) groups is 2. The second kappa shape index (κ2) is 8.34. The summed E-state index contributed by atoms with van der Waals surface area (Å²) in [4.78, 5) is 42.3. The molecule has 0 aliphatic carbocycles. The molecular weight excluding hydrogens is 422 g/mol. The van der Waals surface area contributed by atoms with Gasteiger partial charge < -0.3 is 19.9 Å². The monoisotopic (exact) mass is 446 g/mol.